The molecule has 3 rings (SSSR count). The molecule has 180 valence electrons. The van der Waals surface area contributed by atoms with Gasteiger partial charge in [-0.25, -0.2) is 0 Å². The summed E-state index contributed by atoms with van der Waals surface area (Å²) in [6.45, 7) is 2.18. The van der Waals surface area contributed by atoms with Crippen LogP contribution in [0.3, 0.4) is 0 Å². The van der Waals surface area contributed by atoms with Gasteiger partial charge in [-0.2, -0.15) is 0 Å². The van der Waals surface area contributed by atoms with E-state index in [1.54, 1.807) is 17.5 Å². The highest BCUT2D eigenvalue weighted by atomic mass is 32.1. The number of rotatable bonds is 10. The van der Waals surface area contributed by atoms with Gasteiger partial charge in [-0.15, -0.1) is 11.3 Å². The van der Waals surface area contributed by atoms with Crippen LogP contribution in [0.2, 0.25) is 0 Å². The van der Waals surface area contributed by atoms with E-state index >= 15 is 0 Å². The van der Waals surface area contributed by atoms with Gasteiger partial charge in [0.25, 0.3) is 0 Å². The van der Waals surface area contributed by atoms with Gasteiger partial charge in [0.15, 0.2) is 0 Å². The summed E-state index contributed by atoms with van der Waals surface area (Å²) >= 11 is 1.43. The molecular formula is C23H33N5O4S. The first kappa shape index (κ1) is 24.9. The second-order valence-electron chi connectivity index (χ2n) is 8.76. The highest BCUT2D eigenvalue weighted by molar-refractivity contribution is 7.10. The molecule has 2 amide bonds. The fraction of sp³-hybridized carbons (Fsp3) is 0.565. The standard InChI is InChI=1S/C23H33N5O4S/c1-14-16(21(24)25)13-33-19(14)11-27-22(31)18-8-5-9-28(18)23(32)17(26-12-20(29)30)10-15-6-3-2-4-7-15/h5,8,13,15,17-18,26H,2-4,6-7,9-12H2,1H3,(H3,24,25)(H,27,31)(H,29,30)/t17-,18+/m1/s1. The lowest BCUT2D eigenvalue weighted by atomic mass is 9.84. The number of nitrogens with zero attached hydrogens (tertiary/aromatic N) is 1. The lowest BCUT2D eigenvalue weighted by molar-refractivity contribution is -0.140. The number of amides is 2. The molecule has 9 nitrogen and oxygen atoms in total. The summed E-state index contributed by atoms with van der Waals surface area (Å²) in [6, 6.07) is -1.36. The number of carbonyl (C=O) groups excluding carboxylic acids is 2. The van der Waals surface area contributed by atoms with E-state index in [0.29, 0.717) is 24.4 Å². The fourth-order valence-corrected chi connectivity index (χ4v) is 5.59. The van der Waals surface area contributed by atoms with Crippen LogP contribution in [0, 0.1) is 18.3 Å². The topological polar surface area (TPSA) is 149 Å². The number of carboxylic acid groups (broad SMARTS) is 1. The molecule has 1 saturated carbocycles. The summed E-state index contributed by atoms with van der Waals surface area (Å²) in [7, 11) is 0. The molecular weight excluding hydrogens is 442 g/mol. The van der Waals surface area contributed by atoms with E-state index in [-0.39, 0.29) is 30.7 Å². The Kier molecular flexibility index (Phi) is 8.62. The Morgan fingerprint density at radius 3 is 2.67 bits per heavy atom. The predicted octanol–water partition coefficient (Wildman–Crippen LogP) is 1.74. The Bertz CT molecular complexity index is 922. The molecule has 0 unspecified atom stereocenters. The van der Waals surface area contributed by atoms with Crippen molar-refractivity contribution in [2.75, 3.05) is 13.1 Å². The summed E-state index contributed by atoms with van der Waals surface area (Å²) in [4.78, 5) is 39.8. The third-order valence-electron chi connectivity index (χ3n) is 6.45. The number of hydrogen-bond donors (Lipinski definition) is 5. The zero-order valence-corrected chi connectivity index (χ0v) is 19.7. The minimum absolute atomic E-state index is 0.00491. The molecule has 0 radical (unpaired) electrons. The zero-order valence-electron chi connectivity index (χ0n) is 18.9. The summed E-state index contributed by atoms with van der Waals surface area (Å²) in [5.74, 6) is -1.16. The van der Waals surface area contributed by atoms with Crippen LogP contribution in [0.4, 0.5) is 0 Å². The highest BCUT2D eigenvalue weighted by Crippen LogP contribution is 2.28. The number of nitrogens with two attached hydrogens (primary N) is 1. The maximum atomic E-state index is 13.4. The summed E-state index contributed by atoms with van der Waals surface area (Å²) in [6.07, 6.45) is 9.65. The lowest BCUT2D eigenvalue weighted by Crippen LogP contribution is -2.53. The SMILES string of the molecule is Cc1c(C(=N)N)csc1CNC(=O)[C@@H]1C=CCN1C(=O)[C@@H](CC1CCCCC1)NCC(=O)O. The zero-order chi connectivity index (χ0) is 24.0. The minimum Gasteiger partial charge on any atom is -0.480 e. The van der Waals surface area contributed by atoms with Gasteiger partial charge in [-0.05, 0) is 24.8 Å². The summed E-state index contributed by atoms with van der Waals surface area (Å²) in [5, 5.41) is 24.3. The first-order chi connectivity index (χ1) is 15.8. The molecule has 1 aliphatic heterocycles. The molecule has 10 heteroatoms. The molecule has 2 aliphatic rings. The Hall–Kier alpha value is -2.72. The van der Waals surface area contributed by atoms with Gasteiger partial charge >= 0.3 is 5.97 Å². The number of amidine groups is 1. The molecule has 0 aromatic carbocycles. The Balaban J connectivity index is 1.64. The molecule has 0 bridgehead atoms. The first-order valence-electron chi connectivity index (χ1n) is 11.4. The Labute approximate surface area is 197 Å². The van der Waals surface area contributed by atoms with Gasteiger partial charge in [0.05, 0.1) is 19.1 Å². The van der Waals surface area contributed by atoms with Crippen molar-refractivity contribution in [2.45, 2.75) is 64.1 Å². The van der Waals surface area contributed by atoms with E-state index in [2.05, 4.69) is 10.6 Å². The average Bonchev–Trinajstić information content (AvgIpc) is 3.42. The number of thiophene rings is 1. The maximum absolute atomic E-state index is 13.4. The van der Waals surface area contributed by atoms with Crippen LogP contribution in [0.1, 0.15) is 54.5 Å². The predicted molar refractivity (Wildman–Crippen MR) is 127 cm³/mol. The van der Waals surface area contributed by atoms with Crippen LogP contribution in [0.25, 0.3) is 0 Å². The van der Waals surface area contributed by atoms with E-state index < -0.39 is 18.1 Å². The third kappa shape index (κ3) is 6.42. The van der Waals surface area contributed by atoms with Gasteiger partial charge in [0, 0.05) is 22.4 Å². The summed E-state index contributed by atoms with van der Waals surface area (Å²) in [5.41, 5.74) is 7.11. The molecule has 0 saturated heterocycles. The second-order valence-corrected chi connectivity index (χ2v) is 9.72. The van der Waals surface area contributed by atoms with Crippen LogP contribution in [0.5, 0.6) is 0 Å². The molecule has 1 aromatic heterocycles. The van der Waals surface area contributed by atoms with Gasteiger partial charge in [-0.1, -0.05) is 44.3 Å². The van der Waals surface area contributed by atoms with Gasteiger partial charge in [0.2, 0.25) is 11.8 Å². The average molecular weight is 476 g/mol. The van der Waals surface area contributed by atoms with Crippen molar-refractivity contribution < 1.29 is 19.5 Å². The van der Waals surface area contributed by atoms with Crippen LogP contribution >= 0.6 is 11.3 Å². The van der Waals surface area contributed by atoms with E-state index in [1.165, 1.54) is 22.7 Å². The lowest BCUT2D eigenvalue weighted by Gasteiger charge is -2.31. The number of carbonyl (C=O) groups is 3. The van der Waals surface area contributed by atoms with Crippen molar-refractivity contribution in [1.82, 2.24) is 15.5 Å². The largest absolute Gasteiger partial charge is 0.480 e. The van der Waals surface area contributed by atoms with E-state index in [0.717, 1.165) is 36.1 Å². The number of nitrogens with one attached hydrogen (secondary N) is 3. The van der Waals surface area contributed by atoms with Crippen LogP contribution < -0.4 is 16.4 Å². The van der Waals surface area contributed by atoms with Crippen molar-refractivity contribution >= 4 is 35.0 Å². The molecule has 33 heavy (non-hydrogen) atoms. The van der Waals surface area contributed by atoms with E-state index in [4.69, 9.17) is 16.2 Å². The number of carboxylic acids is 1. The molecule has 1 fully saturated rings. The minimum atomic E-state index is -1.01. The van der Waals surface area contributed by atoms with Crippen molar-refractivity contribution in [1.29, 1.82) is 5.41 Å². The first-order valence-corrected chi connectivity index (χ1v) is 12.3. The fourth-order valence-electron chi connectivity index (χ4n) is 4.58. The normalized spacial score (nSPS) is 19.4. The monoisotopic (exact) mass is 475 g/mol. The van der Waals surface area contributed by atoms with Crippen LogP contribution in [-0.4, -0.2) is 58.8 Å². The van der Waals surface area contributed by atoms with Crippen molar-refractivity contribution in [3.8, 4) is 0 Å². The maximum Gasteiger partial charge on any atom is 0.317 e. The Morgan fingerprint density at radius 2 is 2.03 bits per heavy atom. The van der Waals surface area contributed by atoms with Crippen molar-refractivity contribution in [3.63, 3.8) is 0 Å². The van der Waals surface area contributed by atoms with Gasteiger partial charge in [0.1, 0.15) is 11.9 Å². The van der Waals surface area contributed by atoms with Gasteiger partial charge in [-0.3, -0.25) is 25.1 Å². The van der Waals surface area contributed by atoms with Crippen LogP contribution in [0.15, 0.2) is 17.5 Å². The smallest absolute Gasteiger partial charge is 0.317 e. The van der Waals surface area contributed by atoms with E-state index in [9.17, 15) is 14.4 Å². The molecule has 1 aromatic rings. The molecule has 2 atom stereocenters. The third-order valence-corrected chi connectivity index (χ3v) is 7.54. The molecule has 0 spiro atoms. The summed E-state index contributed by atoms with van der Waals surface area (Å²) < 4.78 is 0. The highest BCUT2D eigenvalue weighted by Gasteiger charge is 2.35. The second kappa shape index (κ2) is 11.4. The Morgan fingerprint density at radius 1 is 1.30 bits per heavy atom. The van der Waals surface area contributed by atoms with Crippen molar-refractivity contribution in [2.24, 2.45) is 11.7 Å². The number of aliphatic carboxylic acids is 1. The van der Waals surface area contributed by atoms with Crippen LogP contribution in [-0.2, 0) is 20.9 Å². The molecule has 2 heterocycles. The molecule has 1 aliphatic carbocycles. The number of hydrogen-bond acceptors (Lipinski definition) is 6. The number of nitrogen functional groups attached to an aromatic ring is 1. The van der Waals surface area contributed by atoms with E-state index in [1.807, 2.05) is 6.92 Å². The van der Waals surface area contributed by atoms with Gasteiger partial charge < -0.3 is 21.1 Å². The quantitative estimate of drug-likeness (QED) is 0.198. The van der Waals surface area contributed by atoms with Crippen molar-refractivity contribution in [3.05, 3.63) is 33.5 Å². The molecule has 6 N–H and O–H groups in total.